The maximum Gasteiger partial charge on any atom is 1.00 e. The number of benzene rings is 1. The number of hydrogen-bond acceptors (Lipinski definition) is 3. The van der Waals surface area contributed by atoms with Gasteiger partial charge >= 0.3 is 31.0 Å². The molecule has 0 fully saturated rings. The Hall–Kier alpha value is 0.130. The first-order chi connectivity index (χ1) is 10.7. The van der Waals surface area contributed by atoms with E-state index in [-0.39, 0.29) is 43.9 Å². The van der Waals surface area contributed by atoms with Gasteiger partial charge in [-0.3, -0.25) is 4.18 Å². The third-order valence-corrected chi connectivity index (χ3v) is 5.09. The van der Waals surface area contributed by atoms with Crippen LogP contribution in [-0.4, -0.2) is 15.0 Å². The van der Waals surface area contributed by atoms with Crippen molar-refractivity contribution < 1.29 is 45.0 Å². The summed E-state index contributed by atoms with van der Waals surface area (Å²) in [5.74, 6) is 0. The van der Waals surface area contributed by atoms with Crippen molar-refractivity contribution in [2.75, 3.05) is 6.61 Å². The molecule has 0 aliphatic carbocycles. The van der Waals surface area contributed by atoms with E-state index >= 15 is 0 Å². The van der Waals surface area contributed by atoms with Gasteiger partial charge in [0.1, 0.15) is 0 Å². The molecule has 3 nitrogen and oxygen atoms in total. The summed E-state index contributed by atoms with van der Waals surface area (Å²) >= 11 is 0. The molecule has 0 saturated carbocycles. The first-order valence-electron chi connectivity index (χ1n) is 8.61. The van der Waals surface area contributed by atoms with E-state index in [4.69, 9.17) is 4.18 Å². The number of rotatable bonds is 13. The van der Waals surface area contributed by atoms with Gasteiger partial charge in [-0.25, -0.2) is 0 Å². The molecule has 1 rings (SSSR count). The fourth-order valence-corrected chi connectivity index (χ4v) is 3.38. The molecule has 0 unspecified atom stereocenters. The third kappa shape index (κ3) is 11.3. The molecule has 5 heteroatoms. The molecule has 0 spiro atoms. The topological polar surface area (TPSA) is 43.4 Å². The minimum absolute atomic E-state index is 0. The second-order valence-corrected chi connectivity index (χ2v) is 7.39. The van der Waals surface area contributed by atoms with E-state index < -0.39 is 10.1 Å². The van der Waals surface area contributed by atoms with Crippen molar-refractivity contribution in [3.63, 3.8) is 0 Å². The number of unbranched alkanes of at least 4 members (excludes halogenated alkanes) is 9. The van der Waals surface area contributed by atoms with E-state index in [0.717, 1.165) is 12.8 Å². The normalized spacial score (nSPS) is 11.2. The van der Waals surface area contributed by atoms with Gasteiger partial charge in [0, 0.05) is 0 Å². The zero-order chi connectivity index (χ0) is 16.1. The number of hydrogen-bond donors (Lipinski definition) is 0. The van der Waals surface area contributed by atoms with Gasteiger partial charge in [-0.1, -0.05) is 82.9 Å². The van der Waals surface area contributed by atoms with Crippen LogP contribution in [0.1, 0.15) is 74.0 Å². The average Bonchev–Trinajstić information content (AvgIpc) is 2.53. The predicted molar refractivity (Wildman–Crippen MR) is 93.6 cm³/mol. The smallest absolute Gasteiger partial charge is 1.00 e. The monoisotopic (exact) mass is 351 g/mol. The molecular formula is C18H32NaO3S+. The quantitative estimate of drug-likeness (QED) is 0.312. The summed E-state index contributed by atoms with van der Waals surface area (Å²) in [5.41, 5.74) is 0. The summed E-state index contributed by atoms with van der Waals surface area (Å²) in [7, 11) is -3.57. The summed E-state index contributed by atoms with van der Waals surface area (Å²) in [6.07, 6.45) is 12.3. The first-order valence-corrected chi connectivity index (χ1v) is 10.0. The standard InChI is InChI=1S/C18H30O3S.Na.H/c1-2-3-4-5-6-7-8-9-10-14-17-21-22(19,20)18-15-12-11-13-16-18;;/h11-13,15-16H,2-10,14,17H2,1H3;;/q;+1;-1/p+1. The van der Waals surface area contributed by atoms with Crippen molar-refractivity contribution in [2.24, 2.45) is 0 Å². The Bertz CT molecular complexity index is 484. The van der Waals surface area contributed by atoms with Crippen LogP contribution >= 0.6 is 0 Å². The molecule has 0 bridgehead atoms. The SMILES string of the molecule is CCCCCCCCCCCCOS(=O)(=O)c1ccccc1.[H+].[H-].[Na+]. The maximum atomic E-state index is 11.9. The average molecular weight is 352 g/mol. The Morgan fingerprint density at radius 2 is 1.35 bits per heavy atom. The Morgan fingerprint density at radius 3 is 1.87 bits per heavy atom. The molecule has 0 aliphatic heterocycles. The van der Waals surface area contributed by atoms with Gasteiger partial charge in [-0.2, -0.15) is 8.42 Å². The van der Waals surface area contributed by atoms with Crippen LogP contribution in [0.3, 0.4) is 0 Å². The van der Waals surface area contributed by atoms with Gasteiger partial charge in [0.2, 0.25) is 0 Å². The summed E-state index contributed by atoms with van der Waals surface area (Å²) in [4.78, 5) is 0.238. The predicted octanol–water partition coefficient (Wildman–Crippen LogP) is 2.54. The molecule has 0 aliphatic rings. The second kappa shape index (κ2) is 14.5. The van der Waals surface area contributed by atoms with Gasteiger partial charge in [0.25, 0.3) is 10.1 Å². The van der Waals surface area contributed by atoms with Gasteiger partial charge in [-0.15, -0.1) is 0 Å². The van der Waals surface area contributed by atoms with E-state index in [9.17, 15) is 8.42 Å². The third-order valence-electron chi connectivity index (χ3n) is 3.77. The fourth-order valence-electron chi connectivity index (χ4n) is 2.41. The Balaban J connectivity index is -0.00000161. The van der Waals surface area contributed by atoms with Crippen LogP contribution in [0.2, 0.25) is 0 Å². The Morgan fingerprint density at radius 1 is 0.870 bits per heavy atom. The molecule has 1 aromatic carbocycles. The van der Waals surface area contributed by atoms with E-state index in [1.54, 1.807) is 30.3 Å². The Kier molecular flexibility index (Phi) is 14.6. The van der Waals surface area contributed by atoms with Crippen LogP contribution < -0.4 is 29.6 Å². The summed E-state index contributed by atoms with van der Waals surface area (Å²) in [5, 5.41) is 0. The molecule has 0 radical (unpaired) electrons. The molecule has 0 aromatic heterocycles. The van der Waals surface area contributed by atoms with Crippen LogP contribution in [0.5, 0.6) is 0 Å². The van der Waals surface area contributed by atoms with Gasteiger partial charge in [-0.05, 0) is 18.6 Å². The van der Waals surface area contributed by atoms with Crippen LogP contribution in [0.15, 0.2) is 35.2 Å². The van der Waals surface area contributed by atoms with Gasteiger partial charge in [0.05, 0.1) is 11.5 Å². The summed E-state index contributed by atoms with van der Waals surface area (Å²) in [6, 6.07) is 8.33. The van der Waals surface area contributed by atoms with Crippen molar-refractivity contribution in [1.29, 1.82) is 0 Å². The van der Waals surface area contributed by atoms with Crippen molar-refractivity contribution in [3.05, 3.63) is 30.3 Å². The van der Waals surface area contributed by atoms with Crippen molar-refractivity contribution in [3.8, 4) is 0 Å². The van der Waals surface area contributed by atoms with Crippen molar-refractivity contribution in [2.45, 2.75) is 76.0 Å². The van der Waals surface area contributed by atoms with Crippen LogP contribution in [0, 0.1) is 0 Å². The summed E-state index contributed by atoms with van der Waals surface area (Å²) in [6.45, 7) is 2.52. The fraction of sp³-hybridized carbons (Fsp3) is 0.667. The molecule has 0 amide bonds. The molecule has 0 heterocycles. The zero-order valence-corrected chi connectivity index (χ0v) is 17.6. The maximum absolute atomic E-state index is 11.9. The van der Waals surface area contributed by atoms with Crippen LogP contribution in [0.4, 0.5) is 0 Å². The van der Waals surface area contributed by atoms with Gasteiger partial charge in [0.15, 0.2) is 0 Å². The molecule has 23 heavy (non-hydrogen) atoms. The molecule has 0 saturated heterocycles. The minimum atomic E-state index is -3.57. The Labute approximate surface area is 167 Å². The van der Waals surface area contributed by atoms with E-state index in [0.29, 0.717) is 0 Å². The van der Waals surface area contributed by atoms with E-state index in [1.807, 2.05) is 0 Å². The molecular weight excluding hydrogens is 319 g/mol. The minimum Gasteiger partial charge on any atom is -1.00 e. The molecule has 0 N–H and O–H groups in total. The first kappa shape index (κ1) is 23.1. The van der Waals surface area contributed by atoms with Crippen LogP contribution in [-0.2, 0) is 14.3 Å². The summed E-state index contributed by atoms with van der Waals surface area (Å²) < 4.78 is 28.8. The van der Waals surface area contributed by atoms with Gasteiger partial charge < -0.3 is 1.43 Å². The van der Waals surface area contributed by atoms with E-state index in [2.05, 4.69) is 6.92 Å². The molecule has 128 valence electrons. The van der Waals surface area contributed by atoms with Crippen LogP contribution in [0.25, 0.3) is 0 Å². The van der Waals surface area contributed by atoms with Crippen molar-refractivity contribution in [1.82, 2.24) is 0 Å². The zero-order valence-electron chi connectivity index (χ0n) is 16.8. The molecule has 1 aromatic rings. The second-order valence-electron chi connectivity index (χ2n) is 5.77. The largest absolute Gasteiger partial charge is 1.00 e. The van der Waals surface area contributed by atoms with E-state index in [1.165, 1.54) is 51.4 Å². The van der Waals surface area contributed by atoms with Crippen molar-refractivity contribution >= 4 is 10.1 Å². The molecule has 0 atom stereocenters.